The third kappa shape index (κ3) is 2.95. The van der Waals surface area contributed by atoms with Crippen LogP contribution in [0.15, 0.2) is 30.5 Å². The topological polar surface area (TPSA) is 80.1 Å². The number of nitro groups is 1. The number of benzene rings is 1. The van der Waals surface area contributed by atoms with Crippen LogP contribution in [0.3, 0.4) is 0 Å². The molecule has 1 aromatic carbocycles. The summed E-state index contributed by atoms with van der Waals surface area (Å²) < 4.78 is 0. The normalized spacial score (nSPS) is 18.0. The van der Waals surface area contributed by atoms with Crippen molar-refractivity contribution in [3.63, 3.8) is 0 Å². The van der Waals surface area contributed by atoms with E-state index in [1.165, 1.54) is 18.9 Å². The average Bonchev–Trinajstić information content (AvgIpc) is 3.00. The summed E-state index contributed by atoms with van der Waals surface area (Å²) in [6.07, 6.45) is 5.14. The molecule has 110 valence electrons. The molecule has 2 heterocycles. The van der Waals surface area contributed by atoms with E-state index in [9.17, 15) is 10.1 Å². The maximum Gasteiger partial charge on any atom is 0.295 e. The van der Waals surface area contributed by atoms with Crippen molar-refractivity contribution in [1.29, 1.82) is 0 Å². The number of rotatable bonds is 5. The first-order chi connectivity index (χ1) is 10.3. The second kappa shape index (κ2) is 6.05. The Balaban J connectivity index is 1.78. The summed E-state index contributed by atoms with van der Waals surface area (Å²) >= 11 is 0. The quantitative estimate of drug-likeness (QED) is 0.652. The van der Waals surface area contributed by atoms with Gasteiger partial charge in [0.05, 0.1) is 4.92 Å². The zero-order valence-electron chi connectivity index (χ0n) is 11.7. The molecule has 1 aliphatic rings. The second-order valence-electron chi connectivity index (χ2n) is 5.30. The Morgan fingerprint density at radius 2 is 2.33 bits per heavy atom. The van der Waals surface area contributed by atoms with Gasteiger partial charge in [0.15, 0.2) is 0 Å². The number of para-hydroxylation sites is 1. The lowest BCUT2D eigenvalue weighted by molar-refractivity contribution is -0.383. The third-order valence-corrected chi connectivity index (χ3v) is 3.92. The summed E-state index contributed by atoms with van der Waals surface area (Å²) in [7, 11) is 0. The molecule has 6 nitrogen and oxygen atoms in total. The zero-order valence-corrected chi connectivity index (χ0v) is 11.7. The fraction of sp³-hybridized carbons (Fsp3) is 0.400. The summed E-state index contributed by atoms with van der Waals surface area (Å²) in [4.78, 5) is 14.8. The standard InChI is InChI=1S/C15H18N4O2/c20-19(21)14-5-1-4-12-13(7-10-18-15(12)14)17-9-6-11-3-2-8-16-11/h1,4-5,7,10-11,16H,2-3,6,8-9H2,(H,17,18)/t11-/m1/s1. The molecule has 0 radical (unpaired) electrons. The second-order valence-corrected chi connectivity index (χ2v) is 5.30. The Morgan fingerprint density at radius 3 is 3.10 bits per heavy atom. The molecule has 0 saturated carbocycles. The van der Waals surface area contributed by atoms with E-state index in [0.717, 1.165) is 30.6 Å². The van der Waals surface area contributed by atoms with Crippen LogP contribution in [0.1, 0.15) is 19.3 Å². The predicted octanol–water partition coefficient (Wildman–Crippen LogP) is 2.70. The molecule has 1 aromatic heterocycles. The van der Waals surface area contributed by atoms with Crippen molar-refractivity contribution in [3.8, 4) is 0 Å². The number of nitrogens with zero attached hydrogens (tertiary/aromatic N) is 2. The van der Waals surface area contributed by atoms with Gasteiger partial charge in [-0.3, -0.25) is 10.1 Å². The highest BCUT2D eigenvalue weighted by Crippen LogP contribution is 2.28. The molecule has 2 N–H and O–H groups in total. The summed E-state index contributed by atoms with van der Waals surface area (Å²) in [5, 5.41) is 18.7. The van der Waals surface area contributed by atoms with Crippen LogP contribution in [0.4, 0.5) is 11.4 Å². The molecular weight excluding hydrogens is 268 g/mol. The highest BCUT2D eigenvalue weighted by Gasteiger charge is 2.15. The fourth-order valence-corrected chi connectivity index (χ4v) is 2.85. The van der Waals surface area contributed by atoms with Gasteiger partial charge in [-0.2, -0.15) is 0 Å². The van der Waals surface area contributed by atoms with Crippen molar-refractivity contribution in [2.24, 2.45) is 0 Å². The van der Waals surface area contributed by atoms with Gasteiger partial charge in [-0.25, -0.2) is 4.98 Å². The van der Waals surface area contributed by atoms with E-state index in [1.807, 2.05) is 12.1 Å². The monoisotopic (exact) mass is 286 g/mol. The highest BCUT2D eigenvalue weighted by molar-refractivity contribution is 5.96. The molecule has 21 heavy (non-hydrogen) atoms. The molecule has 2 aromatic rings. The van der Waals surface area contributed by atoms with E-state index in [1.54, 1.807) is 12.3 Å². The van der Waals surface area contributed by atoms with Crippen LogP contribution in [0.2, 0.25) is 0 Å². The SMILES string of the molecule is O=[N+]([O-])c1cccc2c(NCC[C@H]3CCCN3)ccnc12. The number of aromatic nitrogens is 1. The third-order valence-electron chi connectivity index (χ3n) is 3.92. The van der Waals surface area contributed by atoms with Crippen molar-refractivity contribution < 1.29 is 4.92 Å². The Kier molecular flexibility index (Phi) is 3.96. The average molecular weight is 286 g/mol. The molecule has 1 atom stereocenters. The molecule has 0 spiro atoms. The van der Waals surface area contributed by atoms with Crippen molar-refractivity contribution in [1.82, 2.24) is 10.3 Å². The number of fused-ring (bicyclic) bond motifs is 1. The van der Waals surface area contributed by atoms with Gasteiger partial charge in [0.1, 0.15) is 5.52 Å². The molecule has 6 heteroatoms. The summed E-state index contributed by atoms with van der Waals surface area (Å²) in [5.74, 6) is 0. The molecule has 1 fully saturated rings. The van der Waals surface area contributed by atoms with E-state index in [-0.39, 0.29) is 10.6 Å². The molecule has 1 aliphatic heterocycles. The first kappa shape index (κ1) is 13.8. The van der Waals surface area contributed by atoms with Crippen LogP contribution in [-0.2, 0) is 0 Å². The number of pyridine rings is 1. The van der Waals surface area contributed by atoms with Crippen molar-refractivity contribution >= 4 is 22.3 Å². The smallest absolute Gasteiger partial charge is 0.295 e. The largest absolute Gasteiger partial charge is 0.384 e. The molecule has 0 aliphatic carbocycles. The molecule has 0 amide bonds. The summed E-state index contributed by atoms with van der Waals surface area (Å²) in [5.41, 5.74) is 1.39. The van der Waals surface area contributed by atoms with E-state index in [2.05, 4.69) is 15.6 Å². The first-order valence-corrected chi connectivity index (χ1v) is 7.25. The Bertz CT molecular complexity index is 653. The van der Waals surface area contributed by atoms with E-state index in [4.69, 9.17) is 0 Å². The van der Waals surface area contributed by atoms with Crippen LogP contribution in [-0.4, -0.2) is 29.0 Å². The number of nitro benzene ring substituents is 1. The number of hydrogen-bond donors (Lipinski definition) is 2. The van der Waals surface area contributed by atoms with Gasteiger partial charge in [-0.1, -0.05) is 12.1 Å². The van der Waals surface area contributed by atoms with Crippen LogP contribution in [0.5, 0.6) is 0 Å². The predicted molar refractivity (Wildman–Crippen MR) is 82.5 cm³/mol. The van der Waals surface area contributed by atoms with Crippen molar-refractivity contribution in [2.75, 3.05) is 18.4 Å². The van der Waals surface area contributed by atoms with Crippen molar-refractivity contribution in [3.05, 3.63) is 40.6 Å². The minimum absolute atomic E-state index is 0.0496. The lowest BCUT2D eigenvalue weighted by Gasteiger charge is -2.13. The van der Waals surface area contributed by atoms with E-state index < -0.39 is 0 Å². The van der Waals surface area contributed by atoms with E-state index >= 15 is 0 Å². The van der Waals surface area contributed by atoms with Crippen LogP contribution < -0.4 is 10.6 Å². The Hall–Kier alpha value is -2.21. The Morgan fingerprint density at radius 1 is 1.43 bits per heavy atom. The summed E-state index contributed by atoms with van der Waals surface area (Å²) in [6, 6.07) is 7.51. The van der Waals surface area contributed by atoms with Crippen LogP contribution in [0.25, 0.3) is 10.9 Å². The minimum Gasteiger partial charge on any atom is -0.384 e. The highest BCUT2D eigenvalue weighted by atomic mass is 16.6. The fourth-order valence-electron chi connectivity index (χ4n) is 2.85. The maximum atomic E-state index is 11.1. The van der Waals surface area contributed by atoms with Crippen LogP contribution >= 0.6 is 0 Å². The summed E-state index contributed by atoms with van der Waals surface area (Å²) in [6.45, 7) is 1.95. The molecule has 1 saturated heterocycles. The maximum absolute atomic E-state index is 11.1. The lowest BCUT2D eigenvalue weighted by Crippen LogP contribution is -2.24. The number of anilines is 1. The van der Waals surface area contributed by atoms with Gasteiger partial charge in [0, 0.05) is 35.9 Å². The number of hydrogen-bond acceptors (Lipinski definition) is 5. The Labute approximate surface area is 122 Å². The number of nitrogens with one attached hydrogen (secondary N) is 2. The molecule has 3 rings (SSSR count). The van der Waals surface area contributed by atoms with Gasteiger partial charge in [0.25, 0.3) is 5.69 Å². The van der Waals surface area contributed by atoms with Gasteiger partial charge in [0.2, 0.25) is 0 Å². The number of non-ortho nitro benzene ring substituents is 1. The lowest BCUT2D eigenvalue weighted by atomic mass is 10.1. The minimum atomic E-state index is -0.387. The van der Waals surface area contributed by atoms with Gasteiger partial charge in [-0.05, 0) is 31.9 Å². The van der Waals surface area contributed by atoms with E-state index in [0.29, 0.717) is 11.6 Å². The van der Waals surface area contributed by atoms with Gasteiger partial charge >= 0.3 is 0 Å². The van der Waals surface area contributed by atoms with Gasteiger partial charge < -0.3 is 10.6 Å². The first-order valence-electron chi connectivity index (χ1n) is 7.25. The molecule has 0 unspecified atom stereocenters. The van der Waals surface area contributed by atoms with Crippen molar-refractivity contribution in [2.45, 2.75) is 25.3 Å². The van der Waals surface area contributed by atoms with Crippen LogP contribution in [0, 0.1) is 10.1 Å². The van der Waals surface area contributed by atoms with Gasteiger partial charge in [-0.15, -0.1) is 0 Å². The molecule has 0 bridgehead atoms. The zero-order chi connectivity index (χ0) is 14.7. The molecular formula is C15H18N4O2.